The van der Waals surface area contributed by atoms with Gasteiger partial charge in [-0.1, -0.05) is 6.92 Å². The molecule has 0 aliphatic rings. The Morgan fingerprint density at radius 3 is 2.47 bits per heavy atom. The number of carboxylic acid groups (broad SMARTS) is 1. The zero-order chi connectivity index (χ0) is 11.8. The summed E-state index contributed by atoms with van der Waals surface area (Å²) in [4.78, 5) is 21.4. The van der Waals surface area contributed by atoms with Crippen molar-refractivity contribution in [3.05, 3.63) is 0 Å². The zero-order valence-corrected chi connectivity index (χ0v) is 9.71. The molecule has 0 saturated carbocycles. The van der Waals surface area contributed by atoms with Crippen LogP contribution in [-0.4, -0.2) is 45.7 Å². The number of aliphatic hydroxyl groups is 1. The lowest BCUT2D eigenvalue weighted by Crippen LogP contribution is -2.41. The summed E-state index contributed by atoms with van der Waals surface area (Å²) >= 11 is 1.42. The van der Waals surface area contributed by atoms with Crippen LogP contribution in [0.1, 0.15) is 20.3 Å². The van der Waals surface area contributed by atoms with Crippen LogP contribution >= 0.6 is 11.8 Å². The van der Waals surface area contributed by atoms with Gasteiger partial charge in [0.15, 0.2) is 0 Å². The molecule has 0 aromatic heterocycles. The van der Waals surface area contributed by atoms with Crippen LogP contribution < -0.4 is 5.32 Å². The van der Waals surface area contributed by atoms with Crippen molar-refractivity contribution in [1.82, 2.24) is 5.32 Å². The van der Waals surface area contributed by atoms with Gasteiger partial charge in [0.1, 0.15) is 6.04 Å². The van der Waals surface area contributed by atoms with Crippen molar-refractivity contribution in [2.75, 3.05) is 12.4 Å². The summed E-state index contributed by atoms with van der Waals surface area (Å²) in [5.74, 6) is -1.07. The molecule has 1 amide bonds. The van der Waals surface area contributed by atoms with Crippen molar-refractivity contribution in [3.8, 4) is 0 Å². The highest BCUT2D eigenvalue weighted by molar-refractivity contribution is 7.99. The largest absolute Gasteiger partial charge is 0.480 e. The minimum atomic E-state index is -1.03. The van der Waals surface area contributed by atoms with Crippen LogP contribution in [0.5, 0.6) is 0 Å². The van der Waals surface area contributed by atoms with Crippen LogP contribution in [-0.2, 0) is 9.59 Å². The summed E-state index contributed by atoms with van der Waals surface area (Å²) < 4.78 is 0. The van der Waals surface area contributed by atoms with E-state index >= 15 is 0 Å². The fraction of sp³-hybridized carbons (Fsp3) is 0.778. The SMILES string of the molecule is CC(=O)N[C@H](CS[C@H](C)CCO)C(=O)O. The van der Waals surface area contributed by atoms with Crippen LogP contribution in [0, 0.1) is 0 Å². The molecule has 0 rings (SSSR count). The van der Waals surface area contributed by atoms with Crippen LogP contribution in [0.3, 0.4) is 0 Å². The average Bonchev–Trinajstić information content (AvgIpc) is 2.11. The molecule has 5 nitrogen and oxygen atoms in total. The van der Waals surface area contributed by atoms with Crippen LogP contribution in [0.2, 0.25) is 0 Å². The Kier molecular flexibility index (Phi) is 7.15. The van der Waals surface area contributed by atoms with Gasteiger partial charge >= 0.3 is 5.97 Å². The molecule has 0 bridgehead atoms. The van der Waals surface area contributed by atoms with Gasteiger partial charge in [0, 0.05) is 24.5 Å². The number of carbonyl (C=O) groups excluding carboxylic acids is 1. The van der Waals surface area contributed by atoms with Crippen molar-refractivity contribution in [3.63, 3.8) is 0 Å². The summed E-state index contributed by atoms with van der Waals surface area (Å²) in [5, 5.41) is 20.0. The molecule has 0 radical (unpaired) electrons. The van der Waals surface area contributed by atoms with E-state index in [2.05, 4.69) is 5.32 Å². The Morgan fingerprint density at radius 1 is 1.47 bits per heavy atom. The van der Waals surface area contributed by atoms with E-state index in [0.717, 1.165) is 0 Å². The number of amides is 1. The number of carbonyl (C=O) groups is 2. The van der Waals surface area contributed by atoms with Crippen LogP contribution in [0.4, 0.5) is 0 Å². The molecule has 0 aromatic carbocycles. The molecule has 2 atom stereocenters. The standard InChI is InChI=1S/C9H17NO4S/c1-6(3-4-11)15-5-8(9(13)14)10-7(2)12/h6,8,11H,3-5H2,1-2H3,(H,10,12)(H,13,14)/t6-,8-/m1/s1. The number of hydrogen-bond acceptors (Lipinski definition) is 4. The predicted octanol–water partition coefficient (Wildman–Crippen LogP) is 0.0798. The molecule has 0 unspecified atom stereocenters. The predicted molar refractivity (Wildman–Crippen MR) is 58.9 cm³/mol. The van der Waals surface area contributed by atoms with Crippen molar-refractivity contribution in [2.45, 2.75) is 31.6 Å². The summed E-state index contributed by atoms with van der Waals surface area (Å²) in [6, 6.07) is -0.853. The summed E-state index contributed by atoms with van der Waals surface area (Å²) in [6.07, 6.45) is 0.622. The summed E-state index contributed by atoms with van der Waals surface area (Å²) in [5.41, 5.74) is 0. The first kappa shape index (κ1) is 14.2. The second-order valence-corrected chi connectivity index (χ2v) is 4.72. The Balaban J connectivity index is 3.96. The number of hydrogen-bond donors (Lipinski definition) is 3. The molecule has 0 spiro atoms. The minimum absolute atomic E-state index is 0.0893. The van der Waals surface area contributed by atoms with Crippen LogP contribution in [0.25, 0.3) is 0 Å². The van der Waals surface area contributed by atoms with E-state index in [-0.39, 0.29) is 17.8 Å². The lowest BCUT2D eigenvalue weighted by molar-refractivity contribution is -0.140. The highest BCUT2D eigenvalue weighted by atomic mass is 32.2. The first-order chi connectivity index (χ1) is 6.97. The summed E-state index contributed by atoms with van der Waals surface area (Å²) in [6.45, 7) is 3.29. The monoisotopic (exact) mass is 235 g/mol. The molecule has 0 aliphatic carbocycles. The minimum Gasteiger partial charge on any atom is -0.480 e. The second kappa shape index (κ2) is 7.53. The van der Waals surface area contributed by atoms with E-state index in [1.165, 1.54) is 18.7 Å². The second-order valence-electron chi connectivity index (χ2n) is 3.25. The number of nitrogens with one attached hydrogen (secondary N) is 1. The van der Waals surface area contributed by atoms with Gasteiger partial charge in [-0.2, -0.15) is 11.8 Å². The van der Waals surface area contributed by atoms with Gasteiger partial charge in [0.2, 0.25) is 5.91 Å². The molecule has 0 fully saturated rings. The third-order valence-corrected chi connectivity index (χ3v) is 3.09. The Labute approximate surface area is 93.2 Å². The summed E-state index contributed by atoms with van der Waals surface area (Å²) in [7, 11) is 0. The smallest absolute Gasteiger partial charge is 0.327 e. The number of rotatable bonds is 7. The fourth-order valence-electron chi connectivity index (χ4n) is 0.946. The van der Waals surface area contributed by atoms with Crippen LogP contribution in [0.15, 0.2) is 0 Å². The van der Waals surface area contributed by atoms with Crippen molar-refractivity contribution in [1.29, 1.82) is 0 Å². The van der Waals surface area contributed by atoms with Gasteiger partial charge in [-0.15, -0.1) is 0 Å². The van der Waals surface area contributed by atoms with Crippen molar-refractivity contribution < 1.29 is 19.8 Å². The van der Waals surface area contributed by atoms with E-state index < -0.39 is 12.0 Å². The van der Waals surface area contributed by atoms with E-state index in [1.807, 2.05) is 6.92 Å². The Morgan fingerprint density at radius 2 is 2.07 bits per heavy atom. The molecule has 15 heavy (non-hydrogen) atoms. The third kappa shape index (κ3) is 7.21. The number of carboxylic acids is 1. The fourth-order valence-corrected chi connectivity index (χ4v) is 1.96. The molecule has 6 heteroatoms. The highest BCUT2D eigenvalue weighted by Crippen LogP contribution is 2.14. The molecule has 0 aromatic rings. The first-order valence-electron chi connectivity index (χ1n) is 4.69. The Hall–Kier alpha value is -0.750. The van der Waals surface area contributed by atoms with E-state index in [0.29, 0.717) is 12.2 Å². The van der Waals surface area contributed by atoms with Gasteiger partial charge in [-0.05, 0) is 6.42 Å². The first-order valence-corrected chi connectivity index (χ1v) is 5.74. The topological polar surface area (TPSA) is 86.6 Å². The Bertz CT molecular complexity index is 222. The van der Waals surface area contributed by atoms with E-state index in [1.54, 1.807) is 0 Å². The molecule has 3 N–H and O–H groups in total. The number of thioether (sulfide) groups is 1. The molecular weight excluding hydrogens is 218 g/mol. The number of aliphatic carboxylic acids is 1. The lowest BCUT2D eigenvalue weighted by Gasteiger charge is -2.15. The zero-order valence-electron chi connectivity index (χ0n) is 8.90. The molecule has 0 heterocycles. The lowest BCUT2D eigenvalue weighted by atomic mass is 10.3. The van der Waals surface area contributed by atoms with Gasteiger partial charge in [0.25, 0.3) is 0 Å². The van der Waals surface area contributed by atoms with Gasteiger partial charge in [0.05, 0.1) is 0 Å². The maximum atomic E-state index is 10.7. The quantitative estimate of drug-likeness (QED) is 0.582. The van der Waals surface area contributed by atoms with Gasteiger partial charge in [-0.3, -0.25) is 4.79 Å². The van der Waals surface area contributed by atoms with Gasteiger partial charge < -0.3 is 15.5 Å². The van der Waals surface area contributed by atoms with Crippen molar-refractivity contribution >= 4 is 23.6 Å². The maximum Gasteiger partial charge on any atom is 0.327 e. The van der Waals surface area contributed by atoms with Crippen molar-refractivity contribution in [2.24, 2.45) is 0 Å². The normalized spacial score (nSPS) is 14.3. The average molecular weight is 235 g/mol. The third-order valence-electron chi connectivity index (χ3n) is 1.76. The molecule has 0 aliphatic heterocycles. The molecule has 0 saturated heterocycles. The molecule has 88 valence electrons. The maximum absolute atomic E-state index is 10.7. The molecular formula is C9H17NO4S. The van der Waals surface area contributed by atoms with Gasteiger partial charge in [-0.25, -0.2) is 4.79 Å². The highest BCUT2D eigenvalue weighted by Gasteiger charge is 2.19. The van der Waals surface area contributed by atoms with E-state index in [4.69, 9.17) is 10.2 Å². The number of aliphatic hydroxyl groups excluding tert-OH is 1. The van der Waals surface area contributed by atoms with E-state index in [9.17, 15) is 9.59 Å².